The molecule has 3 saturated heterocycles. The van der Waals surface area contributed by atoms with E-state index in [9.17, 15) is 9.59 Å². The van der Waals surface area contributed by atoms with Crippen molar-refractivity contribution in [3.8, 4) is 0 Å². The smallest absolute Gasteiger partial charge is 0.237 e. The zero-order chi connectivity index (χ0) is 18.4. The summed E-state index contributed by atoms with van der Waals surface area (Å²) in [5.74, 6) is 1.71. The summed E-state index contributed by atoms with van der Waals surface area (Å²) in [5, 5.41) is 0. The lowest BCUT2D eigenvalue weighted by Gasteiger charge is -2.52. The predicted molar refractivity (Wildman–Crippen MR) is 103 cm³/mol. The fourth-order valence-corrected chi connectivity index (χ4v) is 5.84. The third-order valence-corrected chi connectivity index (χ3v) is 7.10. The van der Waals surface area contributed by atoms with Crippen molar-refractivity contribution in [2.45, 2.75) is 44.7 Å². The average molecular weight is 367 g/mol. The number of piperidine rings is 3. The number of likely N-dealkylation sites (tertiary alicyclic amines) is 1. The van der Waals surface area contributed by atoms with E-state index in [-0.39, 0.29) is 5.91 Å². The highest BCUT2D eigenvalue weighted by atomic mass is 16.2. The van der Waals surface area contributed by atoms with Crippen molar-refractivity contribution < 1.29 is 9.59 Å². The number of rotatable bonds is 2. The van der Waals surface area contributed by atoms with E-state index in [4.69, 9.17) is 0 Å². The number of fused-ring (bicyclic) bond motifs is 5. The van der Waals surface area contributed by atoms with Gasteiger partial charge in [0.2, 0.25) is 11.8 Å². The van der Waals surface area contributed by atoms with E-state index in [1.165, 1.54) is 17.5 Å². The van der Waals surface area contributed by atoms with Crippen molar-refractivity contribution in [3.05, 3.63) is 35.4 Å². The van der Waals surface area contributed by atoms with Gasteiger partial charge in [0, 0.05) is 45.2 Å². The molecule has 4 aliphatic rings. The maximum Gasteiger partial charge on any atom is 0.237 e. The van der Waals surface area contributed by atoms with Gasteiger partial charge >= 0.3 is 0 Å². The Morgan fingerprint density at radius 3 is 2.81 bits per heavy atom. The molecule has 144 valence electrons. The van der Waals surface area contributed by atoms with E-state index >= 15 is 0 Å². The molecule has 4 heterocycles. The molecule has 0 N–H and O–H groups in total. The second-order valence-corrected chi connectivity index (χ2v) is 8.90. The Labute approximate surface area is 161 Å². The fourth-order valence-electron chi connectivity index (χ4n) is 5.84. The monoisotopic (exact) mass is 367 g/mol. The van der Waals surface area contributed by atoms with Gasteiger partial charge in [0.25, 0.3) is 0 Å². The zero-order valence-electron chi connectivity index (χ0n) is 16.0. The highest BCUT2D eigenvalue weighted by Gasteiger charge is 2.44. The van der Waals surface area contributed by atoms with Crippen LogP contribution in [0, 0.1) is 11.8 Å². The molecule has 5 nitrogen and oxygen atoms in total. The minimum absolute atomic E-state index is 0.265. The molecule has 0 spiro atoms. The first-order chi connectivity index (χ1) is 13.2. The van der Waals surface area contributed by atoms with Crippen LogP contribution in [0.5, 0.6) is 0 Å². The summed E-state index contributed by atoms with van der Waals surface area (Å²) >= 11 is 0. The topological polar surface area (TPSA) is 43.9 Å². The van der Waals surface area contributed by atoms with Crippen LogP contribution in [0.3, 0.4) is 0 Å². The van der Waals surface area contributed by atoms with Crippen LogP contribution in [0.25, 0.3) is 0 Å². The molecule has 0 aromatic heterocycles. The number of carbonyl (C=O) groups is 2. The average Bonchev–Trinajstić information content (AvgIpc) is 2.68. The Morgan fingerprint density at radius 1 is 1.07 bits per heavy atom. The second-order valence-electron chi connectivity index (χ2n) is 8.90. The molecule has 4 aliphatic heterocycles. The van der Waals surface area contributed by atoms with Gasteiger partial charge in [-0.2, -0.15) is 0 Å². The number of hydrogen-bond acceptors (Lipinski definition) is 3. The molecule has 3 atom stereocenters. The van der Waals surface area contributed by atoms with Gasteiger partial charge < -0.3 is 9.80 Å². The minimum atomic E-state index is 0.265. The predicted octanol–water partition coefficient (Wildman–Crippen LogP) is 1.90. The Balaban J connectivity index is 1.22. The van der Waals surface area contributed by atoms with Gasteiger partial charge in [-0.1, -0.05) is 24.3 Å². The number of carbonyl (C=O) groups excluding carboxylic acids is 2. The van der Waals surface area contributed by atoms with Crippen molar-refractivity contribution in [1.29, 1.82) is 0 Å². The van der Waals surface area contributed by atoms with E-state index in [0.717, 1.165) is 58.4 Å². The van der Waals surface area contributed by atoms with Crippen LogP contribution < -0.4 is 0 Å². The second kappa shape index (κ2) is 6.93. The van der Waals surface area contributed by atoms with Gasteiger partial charge in [-0.15, -0.1) is 0 Å². The first-order valence-electron chi connectivity index (χ1n) is 10.5. The molecule has 5 rings (SSSR count). The van der Waals surface area contributed by atoms with E-state index in [1.54, 1.807) is 0 Å². The van der Waals surface area contributed by atoms with Crippen molar-refractivity contribution in [1.82, 2.24) is 14.7 Å². The van der Waals surface area contributed by atoms with Crippen molar-refractivity contribution in [3.63, 3.8) is 0 Å². The number of nitrogens with zero attached hydrogens (tertiary/aromatic N) is 3. The van der Waals surface area contributed by atoms with Crippen LogP contribution in [0.15, 0.2) is 24.3 Å². The van der Waals surface area contributed by atoms with E-state index in [0.29, 0.717) is 30.3 Å². The molecule has 27 heavy (non-hydrogen) atoms. The normalized spacial score (nSPS) is 30.7. The molecule has 0 saturated carbocycles. The number of amides is 2. The van der Waals surface area contributed by atoms with Crippen LogP contribution in [0.2, 0.25) is 0 Å². The van der Waals surface area contributed by atoms with Gasteiger partial charge in [-0.3, -0.25) is 14.5 Å². The summed E-state index contributed by atoms with van der Waals surface area (Å²) in [6, 6.07) is 8.90. The Kier molecular flexibility index (Phi) is 4.43. The van der Waals surface area contributed by atoms with Crippen LogP contribution in [-0.4, -0.2) is 65.3 Å². The Morgan fingerprint density at radius 2 is 1.93 bits per heavy atom. The molecule has 1 aromatic carbocycles. The molecule has 2 unspecified atom stereocenters. The van der Waals surface area contributed by atoms with Gasteiger partial charge in [0.05, 0.1) is 6.54 Å². The number of hydrogen-bond donors (Lipinski definition) is 0. The maximum atomic E-state index is 13.0. The van der Waals surface area contributed by atoms with E-state index < -0.39 is 0 Å². The third kappa shape index (κ3) is 3.27. The molecule has 0 radical (unpaired) electrons. The fraction of sp³-hybridized carbons (Fsp3) is 0.636. The van der Waals surface area contributed by atoms with Crippen LogP contribution in [0.1, 0.15) is 36.8 Å². The summed E-state index contributed by atoms with van der Waals surface area (Å²) in [5.41, 5.74) is 2.68. The van der Waals surface area contributed by atoms with Crippen LogP contribution in [0.4, 0.5) is 0 Å². The standard InChI is InChI=1S/C22H29N3O2/c26-21-7-3-6-20-19-10-16(12-25(20)21)11-23(13-19)15-22(27)24-9-8-17-4-1-2-5-18(17)14-24/h1-2,4-5,16,19-20H,3,6-15H2/t16?,19?,20-/m1/s1. The van der Waals surface area contributed by atoms with Gasteiger partial charge in [-0.25, -0.2) is 0 Å². The summed E-state index contributed by atoms with van der Waals surface area (Å²) < 4.78 is 0. The molecular weight excluding hydrogens is 338 g/mol. The summed E-state index contributed by atoms with van der Waals surface area (Å²) in [4.78, 5) is 31.8. The molecular formula is C22H29N3O2. The lowest BCUT2D eigenvalue weighted by Crippen LogP contribution is -2.61. The van der Waals surface area contributed by atoms with Crippen molar-refractivity contribution >= 4 is 11.8 Å². The number of benzene rings is 1. The van der Waals surface area contributed by atoms with Gasteiger partial charge in [-0.05, 0) is 48.6 Å². The first kappa shape index (κ1) is 17.2. The molecule has 3 fully saturated rings. The van der Waals surface area contributed by atoms with Crippen molar-refractivity contribution in [2.24, 2.45) is 11.8 Å². The highest BCUT2D eigenvalue weighted by molar-refractivity contribution is 5.79. The zero-order valence-corrected chi connectivity index (χ0v) is 16.0. The van der Waals surface area contributed by atoms with E-state index in [2.05, 4.69) is 34.1 Å². The molecule has 0 aliphatic carbocycles. The van der Waals surface area contributed by atoms with Gasteiger partial charge in [0.1, 0.15) is 0 Å². The summed E-state index contributed by atoms with van der Waals surface area (Å²) in [6.07, 6.45) is 5.11. The van der Waals surface area contributed by atoms with Crippen LogP contribution in [-0.2, 0) is 22.6 Å². The highest BCUT2D eigenvalue weighted by Crippen LogP contribution is 2.37. The Hall–Kier alpha value is -1.88. The first-order valence-corrected chi connectivity index (χ1v) is 10.5. The van der Waals surface area contributed by atoms with Gasteiger partial charge in [0.15, 0.2) is 0 Å². The van der Waals surface area contributed by atoms with E-state index in [1.807, 2.05) is 4.90 Å². The largest absolute Gasteiger partial charge is 0.339 e. The SMILES string of the molecule is O=C(CN1CC2CC(C1)[C@H]1CCCC(=O)N1C2)N1CCc2ccccc2C1. The maximum absolute atomic E-state index is 13.0. The third-order valence-electron chi connectivity index (χ3n) is 7.10. The summed E-state index contributed by atoms with van der Waals surface area (Å²) in [6.45, 7) is 4.96. The van der Waals surface area contributed by atoms with Crippen molar-refractivity contribution in [2.75, 3.05) is 32.7 Å². The Bertz CT molecular complexity index is 749. The molecule has 2 amide bonds. The molecule has 5 heteroatoms. The summed E-state index contributed by atoms with van der Waals surface area (Å²) in [7, 11) is 0. The lowest BCUT2D eigenvalue weighted by molar-refractivity contribution is -0.147. The minimum Gasteiger partial charge on any atom is -0.339 e. The van der Waals surface area contributed by atoms with Crippen LogP contribution >= 0.6 is 0 Å². The quantitative estimate of drug-likeness (QED) is 0.802. The lowest BCUT2D eigenvalue weighted by atomic mass is 9.76. The molecule has 1 aromatic rings. The molecule has 2 bridgehead atoms.